The maximum atomic E-state index is 13.0. The molecular weight excluding hydrogens is 384 g/mol. The smallest absolute Gasteiger partial charge is 0.230 e. The number of halogens is 1. The van der Waals surface area contributed by atoms with Gasteiger partial charge >= 0.3 is 0 Å². The third-order valence-corrected chi connectivity index (χ3v) is 5.01. The number of amides is 1. The van der Waals surface area contributed by atoms with Crippen LogP contribution in [-0.2, 0) is 9.53 Å². The van der Waals surface area contributed by atoms with E-state index >= 15 is 0 Å². The van der Waals surface area contributed by atoms with E-state index < -0.39 is 5.41 Å². The Bertz CT molecular complexity index is 580. The van der Waals surface area contributed by atoms with Crippen molar-refractivity contribution in [3.63, 3.8) is 0 Å². The minimum atomic E-state index is -0.407. The van der Waals surface area contributed by atoms with Gasteiger partial charge in [0, 0.05) is 38.9 Å². The highest BCUT2D eigenvalue weighted by Crippen LogP contribution is 2.31. The van der Waals surface area contributed by atoms with Gasteiger partial charge in [-0.2, -0.15) is 0 Å². The van der Waals surface area contributed by atoms with Gasteiger partial charge in [-0.15, -0.1) is 12.4 Å². The molecule has 0 saturated carbocycles. The first-order chi connectivity index (χ1) is 13.0. The zero-order valence-electron chi connectivity index (χ0n) is 17.3. The first-order valence-electron chi connectivity index (χ1n) is 9.36. The van der Waals surface area contributed by atoms with Crippen molar-refractivity contribution in [3.05, 3.63) is 18.2 Å². The third-order valence-electron chi connectivity index (χ3n) is 5.01. The van der Waals surface area contributed by atoms with Crippen molar-refractivity contribution in [1.82, 2.24) is 10.2 Å². The predicted octanol–water partition coefficient (Wildman–Crippen LogP) is 2.37. The Balaban J connectivity index is 0.00000392. The molecular formula is C20H33ClN2O5. The first-order valence-corrected chi connectivity index (χ1v) is 9.36. The lowest BCUT2D eigenvalue weighted by Gasteiger charge is -2.38. The lowest BCUT2D eigenvalue weighted by molar-refractivity contribution is -0.146. The summed E-state index contributed by atoms with van der Waals surface area (Å²) < 4.78 is 21.7. The number of carbonyl (C=O) groups excluding carboxylic acids is 1. The van der Waals surface area contributed by atoms with Crippen molar-refractivity contribution in [2.45, 2.75) is 19.3 Å². The number of ether oxygens (including phenoxy) is 4. The van der Waals surface area contributed by atoms with Crippen LogP contribution in [0.3, 0.4) is 0 Å². The zero-order chi connectivity index (χ0) is 19.7. The molecule has 160 valence electrons. The lowest BCUT2D eigenvalue weighted by atomic mass is 9.78. The number of nitrogens with one attached hydrogen (secondary N) is 1. The molecule has 1 aromatic rings. The van der Waals surface area contributed by atoms with Gasteiger partial charge in [-0.05, 0) is 32.4 Å². The lowest BCUT2D eigenvalue weighted by Crippen LogP contribution is -2.50. The van der Waals surface area contributed by atoms with Gasteiger partial charge in [0.2, 0.25) is 5.91 Å². The van der Waals surface area contributed by atoms with Crippen molar-refractivity contribution in [1.29, 1.82) is 0 Å². The standard InChI is InChI=1S/C20H32N2O5.ClH/c1-22(19(23)20(15-24-2)6-8-21-9-7-20)10-5-11-27-18-13-16(25-3)12-17(14-18)26-4;/h12-14,21H,5-11,15H2,1-4H3;1H. The van der Waals surface area contributed by atoms with Gasteiger partial charge in [0.25, 0.3) is 0 Å². The van der Waals surface area contributed by atoms with E-state index in [1.54, 1.807) is 32.3 Å². The number of piperidine rings is 1. The van der Waals surface area contributed by atoms with E-state index in [0.717, 1.165) is 32.4 Å². The average Bonchev–Trinajstić information content (AvgIpc) is 2.71. The van der Waals surface area contributed by atoms with Crippen LogP contribution in [-0.4, -0.2) is 72.0 Å². The van der Waals surface area contributed by atoms with Crippen LogP contribution >= 0.6 is 12.4 Å². The van der Waals surface area contributed by atoms with Crippen molar-refractivity contribution in [3.8, 4) is 17.2 Å². The summed E-state index contributed by atoms with van der Waals surface area (Å²) in [6.45, 7) is 3.32. The maximum absolute atomic E-state index is 13.0. The SMILES string of the molecule is COCC1(C(=O)N(C)CCCOc2cc(OC)cc(OC)c2)CCNCC1.Cl. The number of benzene rings is 1. The average molecular weight is 417 g/mol. The molecule has 28 heavy (non-hydrogen) atoms. The Kier molecular flexibility index (Phi) is 10.4. The molecule has 1 aromatic carbocycles. The normalized spacial score (nSPS) is 15.3. The summed E-state index contributed by atoms with van der Waals surface area (Å²) in [6.07, 6.45) is 2.36. The van der Waals surface area contributed by atoms with Crippen LogP contribution in [0.2, 0.25) is 0 Å². The zero-order valence-corrected chi connectivity index (χ0v) is 18.1. The Morgan fingerprint density at radius 3 is 2.18 bits per heavy atom. The minimum absolute atomic E-state index is 0. The molecule has 0 spiro atoms. The summed E-state index contributed by atoms with van der Waals surface area (Å²) in [4.78, 5) is 14.8. The second-order valence-electron chi connectivity index (χ2n) is 6.94. The summed E-state index contributed by atoms with van der Waals surface area (Å²) in [7, 11) is 6.73. The van der Waals surface area contributed by atoms with E-state index in [1.165, 1.54) is 0 Å². The quantitative estimate of drug-likeness (QED) is 0.590. The Morgan fingerprint density at radius 2 is 1.64 bits per heavy atom. The number of rotatable bonds is 10. The largest absolute Gasteiger partial charge is 0.496 e. The molecule has 1 saturated heterocycles. The minimum Gasteiger partial charge on any atom is -0.496 e. The fourth-order valence-corrected chi connectivity index (χ4v) is 3.46. The molecule has 0 radical (unpaired) electrons. The van der Waals surface area contributed by atoms with Gasteiger partial charge in [-0.1, -0.05) is 0 Å². The van der Waals surface area contributed by atoms with E-state index in [1.807, 2.05) is 19.2 Å². The molecule has 1 fully saturated rings. The Labute approximate surface area is 174 Å². The van der Waals surface area contributed by atoms with Crippen LogP contribution < -0.4 is 19.5 Å². The van der Waals surface area contributed by atoms with Gasteiger partial charge in [0.1, 0.15) is 17.2 Å². The highest BCUT2D eigenvalue weighted by molar-refractivity contribution is 5.85. The summed E-state index contributed by atoms with van der Waals surface area (Å²) >= 11 is 0. The van der Waals surface area contributed by atoms with Crippen LogP contribution in [0.4, 0.5) is 0 Å². The second-order valence-corrected chi connectivity index (χ2v) is 6.94. The molecule has 2 rings (SSSR count). The van der Waals surface area contributed by atoms with Gasteiger partial charge in [0.15, 0.2) is 0 Å². The third kappa shape index (κ3) is 6.43. The van der Waals surface area contributed by atoms with Crippen molar-refractivity contribution >= 4 is 18.3 Å². The summed E-state index contributed by atoms with van der Waals surface area (Å²) in [5.74, 6) is 2.22. The maximum Gasteiger partial charge on any atom is 0.230 e. The molecule has 0 aliphatic carbocycles. The van der Waals surface area contributed by atoms with E-state index in [9.17, 15) is 4.79 Å². The molecule has 1 heterocycles. The highest BCUT2D eigenvalue weighted by atomic mass is 35.5. The number of carbonyl (C=O) groups is 1. The van der Waals surface area contributed by atoms with Gasteiger partial charge in [0.05, 0.1) is 32.8 Å². The summed E-state index contributed by atoms with van der Waals surface area (Å²) in [5, 5.41) is 3.31. The fraction of sp³-hybridized carbons (Fsp3) is 0.650. The molecule has 1 aliphatic heterocycles. The molecule has 1 aliphatic rings. The van der Waals surface area contributed by atoms with Crippen molar-refractivity contribution in [2.24, 2.45) is 5.41 Å². The predicted molar refractivity (Wildman–Crippen MR) is 111 cm³/mol. The molecule has 0 aromatic heterocycles. The number of hydrogen-bond acceptors (Lipinski definition) is 6. The van der Waals surface area contributed by atoms with E-state index in [4.69, 9.17) is 18.9 Å². The Hall–Kier alpha value is -1.70. The number of hydrogen-bond donors (Lipinski definition) is 1. The van der Waals surface area contributed by atoms with Gasteiger partial charge < -0.3 is 29.2 Å². The monoisotopic (exact) mass is 416 g/mol. The van der Waals surface area contributed by atoms with Gasteiger partial charge in [-0.3, -0.25) is 4.79 Å². The van der Waals surface area contributed by atoms with Crippen LogP contribution in [0.25, 0.3) is 0 Å². The topological polar surface area (TPSA) is 69.3 Å². The second kappa shape index (κ2) is 12.0. The van der Waals surface area contributed by atoms with Crippen molar-refractivity contribution in [2.75, 3.05) is 61.2 Å². The summed E-state index contributed by atoms with van der Waals surface area (Å²) in [5.41, 5.74) is -0.407. The molecule has 8 heteroatoms. The highest BCUT2D eigenvalue weighted by Gasteiger charge is 2.41. The van der Waals surface area contributed by atoms with E-state index in [0.29, 0.717) is 37.0 Å². The van der Waals surface area contributed by atoms with E-state index in [-0.39, 0.29) is 18.3 Å². The van der Waals surface area contributed by atoms with Crippen LogP contribution in [0.15, 0.2) is 18.2 Å². The van der Waals surface area contributed by atoms with Crippen molar-refractivity contribution < 1.29 is 23.7 Å². The molecule has 7 nitrogen and oxygen atoms in total. The summed E-state index contributed by atoms with van der Waals surface area (Å²) in [6, 6.07) is 5.44. The Morgan fingerprint density at radius 1 is 1.07 bits per heavy atom. The molecule has 0 atom stereocenters. The first kappa shape index (κ1) is 24.3. The number of methoxy groups -OCH3 is 3. The van der Waals surface area contributed by atoms with Crippen LogP contribution in [0, 0.1) is 5.41 Å². The molecule has 1 amide bonds. The van der Waals surface area contributed by atoms with Crippen LogP contribution in [0.1, 0.15) is 19.3 Å². The molecule has 0 bridgehead atoms. The van der Waals surface area contributed by atoms with Gasteiger partial charge in [-0.25, -0.2) is 0 Å². The molecule has 1 N–H and O–H groups in total. The van der Waals surface area contributed by atoms with E-state index in [2.05, 4.69) is 5.32 Å². The fourth-order valence-electron chi connectivity index (χ4n) is 3.46. The number of nitrogens with zero attached hydrogens (tertiary/aromatic N) is 1. The van der Waals surface area contributed by atoms with Crippen LogP contribution in [0.5, 0.6) is 17.2 Å². The molecule has 0 unspecified atom stereocenters.